The van der Waals surface area contributed by atoms with E-state index in [2.05, 4.69) is 30.5 Å². The van der Waals surface area contributed by atoms with Gasteiger partial charge in [-0.05, 0) is 48.3 Å². The number of hydrogen-bond acceptors (Lipinski definition) is 5. The molecule has 1 aromatic carbocycles. The van der Waals surface area contributed by atoms with Gasteiger partial charge in [0.05, 0.1) is 16.5 Å². The highest BCUT2D eigenvalue weighted by Crippen LogP contribution is 2.52. The van der Waals surface area contributed by atoms with Gasteiger partial charge < -0.3 is 4.90 Å². The maximum Gasteiger partial charge on any atom is 0.254 e. The summed E-state index contributed by atoms with van der Waals surface area (Å²) >= 11 is 1.24. The number of nitrogens with one attached hydrogen (secondary N) is 1. The van der Waals surface area contributed by atoms with Crippen molar-refractivity contribution in [2.45, 2.75) is 46.1 Å². The second kappa shape index (κ2) is 5.91. The number of rotatable bonds is 3. The van der Waals surface area contributed by atoms with Gasteiger partial charge in [0.2, 0.25) is 10.0 Å². The van der Waals surface area contributed by atoms with Crippen molar-refractivity contribution in [1.29, 1.82) is 0 Å². The Morgan fingerprint density at radius 2 is 2.04 bits per heavy atom. The number of carbonyl (C=O) groups is 1. The molecule has 2 aromatic rings. The normalized spacial score (nSPS) is 27.1. The van der Waals surface area contributed by atoms with Gasteiger partial charge in [0.15, 0.2) is 5.13 Å². The molecule has 1 aliphatic heterocycles. The van der Waals surface area contributed by atoms with E-state index in [0.29, 0.717) is 22.3 Å². The smallest absolute Gasteiger partial charge is 0.254 e. The first-order valence-corrected chi connectivity index (χ1v) is 11.8. The summed E-state index contributed by atoms with van der Waals surface area (Å²) < 4.78 is 26.0. The molecule has 2 fully saturated rings. The number of hydrogen-bond donors (Lipinski definition) is 1. The van der Waals surface area contributed by atoms with Crippen molar-refractivity contribution < 1.29 is 13.2 Å². The van der Waals surface area contributed by atoms with Crippen LogP contribution in [-0.4, -0.2) is 43.1 Å². The van der Waals surface area contributed by atoms with E-state index in [0.717, 1.165) is 36.8 Å². The van der Waals surface area contributed by atoms with Gasteiger partial charge >= 0.3 is 0 Å². The second-order valence-electron chi connectivity index (χ2n) is 9.22. The largest absolute Gasteiger partial charge is 0.335 e. The zero-order chi connectivity index (χ0) is 19.6. The lowest BCUT2D eigenvalue weighted by Gasteiger charge is -2.39. The van der Waals surface area contributed by atoms with Crippen LogP contribution in [0.15, 0.2) is 18.2 Å². The van der Waals surface area contributed by atoms with Gasteiger partial charge in [-0.2, -0.15) is 0 Å². The Labute approximate surface area is 164 Å². The van der Waals surface area contributed by atoms with Crippen LogP contribution >= 0.6 is 11.3 Å². The molecule has 2 heterocycles. The highest BCUT2D eigenvalue weighted by Gasteiger charge is 2.51. The number of fused-ring (bicyclic) bond motifs is 3. The molecule has 1 aromatic heterocycles. The SMILES string of the molecule is CC1(C)C[C@@H]2C[C@](C)(CN2C(=O)c2ccc3nc(NS(C)(=O)=O)sc3c2)C1. The van der Waals surface area contributed by atoms with Crippen LogP contribution in [0.25, 0.3) is 10.2 Å². The Morgan fingerprint density at radius 3 is 2.74 bits per heavy atom. The highest BCUT2D eigenvalue weighted by molar-refractivity contribution is 7.92. The first-order valence-electron chi connectivity index (χ1n) is 9.13. The molecule has 2 aliphatic rings. The molecule has 4 rings (SSSR count). The predicted molar refractivity (Wildman–Crippen MR) is 109 cm³/mol. The Kier molecular flexibility index (Phi) is 4.09. The summed E-state index contributed by atoms with van der Waals surface area (Å²) in [6.07, 6.45) is 4.36. The van der Waals surface area contributed by atoms with Gasteiger partial charge in [-0.3, -0.25) is 9.52 Å². The first kappa shape index (κ1) is 18.7. The van der Waals surface area contributed by atoms with Crippen LogP contribution < -0.4 is 4.72 Å². The predicted octanol–water partition coefficient (Wildman–Crippen LogP) is 3.71. The summed E-state index contributed by atoms with van der Waals surface area (Å²) in [6, 6.07) is 5.72. The summed E-state index contributed by atoms with van der Waals surface area (Å²) in [5.74, 6) is 0.0642. The third kappa shape index (κ3) is 3.69. The number of nitrogens with zero attached hydrogens (tertiary/aromatic N) is 2. The van der Waals surface area contributed by atoms with Crippen LogP contribution in [0, 0.1) is 10.8 Å². The van der Waals surface area contributed by atoms with Crippen molar-refractivity contribution in [2.75, 3.05) is 17.5 Å². The minimum absolute atomic E-state index is 0.0642. The second-order valence-corrected chi connectivity index (χ2v) is 12.0. The van der Waals surface area contributed by atoms with Gasteiger partial charge in [-0.1, -0.05) is 32.1 Å². The number of amides is 1. The van der Waals surface area contributed by atoms with Crippen LogP contribution in [-0.2, 0) is 10.0 Å². The molecule has 1 N–H and O–H groups in total. The molecule has 1 amide bonds. The van der Waals surface area contributed by atoms with Crippen molar-refractivity contribution in [3.8, 4) is 0 Å². The molecule has 2 bridgehead atoms. The molecule has 2 atom stereocenters. The Bertz CT molecular complexity index is 1030. The van der Waals surface area contributed by atoms with Gasteiger partial charge in [-0.15, -0.1) is 0 Å². The van der Waals surface area contributed by atoms with E-state index >= 15 is 0 Å². The third-order valence-electron chi connectivity index (χ3n) is 5.58. The van der Waals surface area contributed by atoms with Crippen molar-refractivity contribution in [3.63, 3.8) is 0 Å². The van der Waals surface area contributed by atoms with Crippen molar-refractivity contribution >= 4 is 42.6 Å². The lowest BCUT2D eigenvalue weighted by molar-refractivity contribution is 0.0708. The fourth-order valence-electron chi connectivity index (χ4n) is 5.12. The first-order chi connectivity index (χ1) is 12.4. The maximum atomic E-state index is 13.2. The summed E-state index contributed by atoms with van der Waals surface area (Å²) in [4.78, 5) is 19.6. The maximum absolute atomic E-state index is 13.2. The average molecular weight is 408 g/mol. The fraction of sp³-hybridized carbons (Fsp3) is 0.579. The Balaban J connectivity index is 1.62. The number of sulfonamides is 1. The van der Waals surface area contributed by atoms with Gasteiger partial charge in [0.1, 0.15) is 0 Å². The number of carbonyl (C=O) groups excluding carboxylic acids is 1. The molecule has 1 saturated carbocycles. The minimum atomic E-state index is -3.37. The molecular weight excluding hydrogens is 382 g/mol. The molecule has 0 radical (unpaired) electrons. The molecule has 27 heavy (non-hydrogen) atoms. The molecule has 0 unspecified atom stereocenters. The van der Waals surface area contributed by atoms with Crippen molar-refractivity contribution in [2.24, 2.45) is 10.8 Å². The number of benzene rings is 1. The Morgan fingerprint density at radius 1 is 1.30 bits per heavy atom. The quantitative estimate of drug-likeness (QED) is 0.841. The fourth-order valence-corrected chi connectivity index (χ4v) is 6.86. The van der Waals surface area contributed by atoms with E-state index in [1.54, 1.807) is 12.1 Å². The van der Waals surface area contributed by atoms with E-state index in [-0.39, 0.29) is 16.7 Å². The van der Waals surface area contributed by atoms with Crippen molar-refractivity contribution in [1.82, 2.24) is 9.88 Å². The number of likely N-dealkylation sites (tertiary alicyclic amines) is 1. The highest BCUT2D eigenvalue weighted by atomic mass is 32.2. The molecule has 0 spiro atoms. The molecule has 6 nitrogen and oxygen atoms in total. The third-order valence-corrected chi connectivity index (χ3v) is 7.21. The summed E-state index contributed by atoms with van der Waals surface area (Å²) in [6.45, 7) is 7.70. The standard InChI is InChI=1S/C19H25N3O3S2/c1-18(2)8-13-9-19(3,10-18)11-22(13)16(23)12-5-6-14-15(7-12)26-17(20-14)21-27(4,24)25/h5-7,13H,8-11H2,1-4H3,(H,20,21)/t13-,19+/m1/s1. The van der Waals surface area contributed by atoms with Crippen LogP contribution in [0.2, 0.25) is 0 Å². The molecule has 1 saturated heterocycles. The lowest BCUT2D eigenvalue weighted by atomic mass is 9.65. The van der Waals surface area contributed by atoms with Crippen LogP contribution in [0.1, 0.15) is 50.4 Å². The summed E-state index contributed by atoms with van der Waals surface area (Å²) in [5.41, 5.74) is 1.80. The lowest BCUT2D eigenvalue weighted by Crippen LogP contribution is -2.37. The number of aromatic nitrogens is 1. The van der Waals surface area contributed by atoms with E-state index in [1.165, 1.54) is 11.3 Å². The van der Waals surface area contributed by atoms with Gasteiger partial charge in [-0.25, -0.2) is 13.4 Å². The zero-order valence-corrected chi connectivity index (χ0v) is 17.7. The molecule has 146 valence electrons. The van der Waals surface area contributed by atoms with E-state index in [1.807, 2.05) is 11.0 Å². The molecular formula is C19H25N3O3S2. The van der Waals surface area contributed by atoms with E-state index in [9.17, 15) is 13.2 Å². The van der Waals surface area contributed by atoms with Crippen molar-refractivity contribution in [3.05, 3.63) is 23.8 Å². The monoisotopic (exact) mass is 407 g/mol. The van der Waals surface area contributed by atoms with Crippen LogP contribution in [0.3, 0.4) is 0 Å². The van der Waals surface area contributed by atoms with Gasteiger partial charge in [0.25, 0.3) is 5.91 Å². The van der Waals surface area contributed by atoms with E-state index in [4.69, 9.17) is 0 Å². The van der Waals surface area contributed by atoms with Crippen LogP contribution in [0.5, 0.6) is 0 Å². The topological polar surface area (TPSA) is 79.4 Å². The molecule has 1 aliphatic carbocycles. The average Bonchev–Trinajstić information content (AvgIpc) is 2.99. The number of thiazole rings is 1. The minimum Gasteiger partial charge on any atom is -0.335 e. The zero-order valence-electron chi connectivity index (χ0n) is 16.1. The summed E-state index contributed by atoms with van der Waals surface area (Å²) in [5, 5.41) is 0.323. The van der Waals surface area contributed by atoms with Gasteiger partial charge in [0, 0.05) is 18.2 Å². The van der Waals surface area contributed by atoms with E-state index < -0.39 is 10.0 Å². The Hall–Kier alpha value is -1.67. The molecule has 8 heteroatoms. The summed E-state index contributed by atoms with van der Waals surface area (Å²) in [7, 11) is -3.37. The van der Waals surface area contributed by atoms with Crippen LogP contribution in [0.4, 0.5) is 5.13 Å². The number of anilines is 1.